The lowest BCUT2D eigenvalue weighted by atomic mass is 9.96. The average Bonchev–Trinajstić information content (AvgIpc) is 2.32. The molecule has 1 rings (SSSR count). The summed E-state index contributed by atoms with van der Waals surface area (Å²) in [6.45, 7) is 8.01. The van der Waals surface area contributed by atoms with Crippen molar-refractivity contribution in [1.82, 2.24) is 0 Å². The van der Waals surface area contributed by atoms with Gasteiger partial charge in [0, 0.05) is 0 Å². The zero-order valence-corrected chi connectivity index (χ0v) is 12.0. The van der Waals surface area contributed by atoms with Crippen molar-refractivity contribution in [1.29, 1.82) is 0 Å². The van der Waals surface area contributed by atoms with Crippen LogP contribution in [0.25, 0.3) is 0 Å². The Morgan fingerprint density at radius 3 is 2.06 bits per heavy atom. The van der Waals surface area contributed by atoms with Crippen molar-refractivity contribution >= 4 is 0 Å². The topological polar surface area (TPSA) is 38.7 Å². The predicted octanol–water partition coefficient (Wildman–Crippen LogP) is 3.53. The van der Waals surface area contributed by atoms with E-state index in [0.717, 1.165) is 23.1 Å². The van der Waals surface area contributed by atoms with Gasteiger partial charge in [0.25, 0.3) is 0 Å². The summed E-state index contributed by atoms with van der Waals surface area (Å²) >= 11 is 0. The summed E-state index contributed by atoms with van der Waals surface area (Å²) in [7, 11) is 3.12. The lowest BCUT2D eigenvalue weighted by molar-refractivity contribution is 0.329. The highest BCUT2D eigenvalue weighted by Crippen LogP contribution is 2.44. The third-order valence-corrected chi connectivity index (χ3v) is 3.15. The Morgan fingerprint density at radius 2 is 1.61 bits per heavy atom. The molecule has 0 fully saturated rings. The third kappa shape index (κ3) is 2.61. The van der Waals surface area contributed by atoms with E-state index in [4.69, 9.17) is 9.47 Å². The normalized spacial score (nSPS) is 10.1. The molecule has 0 amide bonds. The molecule has 0 aromatic heterocycles. The van der Waals surface area contributed by atoms with E-state index in [1.807, 2.05) is 13.8 Å². The molecule has 0 saturated carbocycles. The second kappa shape index (κ2) is 5.80. The Kier molecular flexibility index (Phi) is 4.65. The Labute approximate surface area is 109 Å². The van der Waals surface area contributed by atoms with Gasteiger partial charge in [0.05, 0.1) is 14.2 Å². The zero-order chi connectivity index (χ0) is 13.9. The van der Waals surface area contributed by atoms with Gasteiger partial charge in [-0.15, -0.1) is 0 Å². The van der Waals surface area contributed by atoms with E-state index in [-0.39, 0.29) is 5.75 Å². The molecule has 0 radical (unpaired) electrons. The lowest BCUT2D eigenvalue weighted by Crippen LogP contribution is -2.01. The van der Waals surface area contributed by atoms with E-state index in [1.165, 1.54) is 12.7 Å². The van der Waals surface area contributed by atoms with Crippen LogP contribution in [0.2, 0.25) is 0 Å². The highest BCUT2D eigenvalue weighted by molar-refractivity contribution is 5.62. The third-order valence-electron chi connectivity index (χ3n) is 3.15. The number of allylic oxidation sites excluding steroid dienone is 2. The summed E-state index contributed by atoms with van der Waals surface area (Å²) in [5.74, 6) is 1.18. The number of phenols is 1. The van der Waals surface area contributed by atoms with Crippen LogP contribution in [0.1, 0.15) is 30.5 Å². The van der Waals surface area contributed by atoms with Gasteiger partial charge in [-0.25, -0.2) is 0 Å². The van der Waals surface area contributed by atoms with Crippen LogP contribution >= 0.6 is 0 Å². The lowest BCUT2D eigenvalue weighted by Gasteiger charge is -2.18. The molecular weight excluding hydrogens is 228 g/mol. The molecule has 0 aliphatic rings. The molecule has 0 atom stereocenters. The maximum atomic E-state index is 10.2. The van der Waals surface area contributed by atoms with Crippen LogP contribution in [0.5, 0.6) is 17.2 Å². The van der Waals surface area contributed by atoms with Crippen LogP contribution in [0.4, 0.5) is 0 Å². The van der Waals surface area contributed by atoms with Gasteiger partial charge in [-0.3, -0.25) is 0 Å². The molecule has 3 nitrogen and oxygen atoms in total. The first kappa shape index (κ1) is 14.4. The molecule has 0 aliphatic heterocycles. The first-order valence-electron chi connectivity index (χ1n) is 6.00. The van der Waals surface area contributed by atoms with E-state index < -0.39 is 0 Å². The molecule has 100 valence electrons. The zero-order valence-electron chi connectivity index (χ0n) is 12.0. The minimum absolute atomic E-state index is 0.164. The quantitative estimate of drug-likeness (QED) is 0.831. The molecule has 0 bridgehead atoms. The Hall–Kier alpha value is -1.64. The van der Waals surface area contributed by atoms with Crippen LogP contribution < -0.4 is 9.47 Å². The summed E-state index contributed by atoms with van der Waals surface area (Å²) in [4.78, 5) is 0. The van der Waals surface area contributed by atoms with Gasteiger partial charge in [-0.2, -0.15) is 0 Å². The maximum Gasteiger partial charge on any atom is 0.203 e. The SMILES string of the molecule is COc1c(C)c(CC=C(C)C)c(C)c(O)c1OC. The Morgan fingerprint density at radius 1 is 1.06 bits per heavy atom. The van der Waals surface area contributed by atoms with Crippen molar-refractivity contribution in [2.24, 2.45) is 0 Å². The van der Waals surface area contributed by atoms with Crippen LogP contribution in [0.3, 0.4) is 0 Å². The van der Waals surface area contributed by atoms with Gasteiger partial charge in [-0.1, -0.05) is 11.6 Å². The number of phenolic OH excluding ortho intramolecular Hbond substituents is 1. The van der Waals surface area contributed by atoms with Crippen molar-refractivity contribution in [3.8, 4) is 17.2 Å². The van der Waals surface area contributed by atoms with Crippen molar-refractivity contribution in [3.05, 3.63) is 28.3 Å². The number of rotatable bonds is 4. The Bertz CT molecular complexity index is 469. The predicted molar refractivity (Wildman–Crippen MR) is 73.8 cm³/mol. The fraction of sp³-hybridized carbons (Fsp3) is 0.467. The van der Waals surface area contributed by atoms with E-state index in [2.05, 4.69) is 19.9 Å². The van der Waals surface area contributed by atoms with E-state index >= 15 is 0 Å². The number of aromatic hydroxyl groups is 1. The fourth-order valence-electron chi connectivity index (χ4n) is 2.06. The second-order valence-electron chi connectivity index (χ2n) is 4.63. The highest BCUT2D eigenvalue weighted by Gasteiger charge is 2.19. The summed E-state index contributed by atoms with van der Waals surface area (Å²) < 4.78 is 10.6. The molecule has 1 aromatic rings. The molecule has 3 heteroatoms. The van der Waals surface area contributed by atoms with Crippen molar-refractivity contribution in [2.45, 2.75) is 34.1 Å². The summed E-state index contributed by atoms with van der Waals surface area (Å²) in [6, 6.07) is 0. The Balaban J connectivity index is 3.44. The fourth-order valence-corrected chi connectivity index (χ4v) is 2.06. The molecule has 0 spiro atoms. The van der Waals surface area contributed by atoms with E-state index in [1.54, 1.807) is 7.11 Å². The highest BCUT2D eigenvalue weighted by atomic mass is 16.5. The average molecular weight is 250 g/mol. The number of hydrogen-bond donors (Lipinski definition) is 1. The number of benzene rings is 1. The minimum atomic E-state index is 0.164. The summed E-state index contributed by atoms with van der Waals surface area (Å²) in [5, 5.41) is 10.2. The standard InChI is InChI=1S/C15H22O3/c1-9(2)7-8-12-10(3)13(16)15(18-6)14(17-5)11(12)4/h7,16H,8H2,1-6H3. The van der Waals surface area contributed by atoms with Crippen LogP contribution in [-0.2, 0) is 6.42 Å². The molecular formula is C15H22O3. The van der Waals surface area contributed by atoms with E-state index in [9.17, 15) is 5.11 Å². The second-order valence-corrected chi connectivity index (χ2v) is 4.63. The van der Waals surface area contributed by atoms with Crippen molar-refractivity contribution in [3.63, 3.8) is 0 Å². The number of ether oxygens (including phenoxy) is 2. The molecule has 0 heterocycles. The van der Waals surface area contributed by atoms with Crippen molar-refractivity contribution < 1.29 is 14.6 Å². The maximum absolute atomic E-state index is 10.2. The number of methoxy groups -OCH3 is 2. The molecule has 1 N–H and O–H groups in total. The van der Waals surface area contributed by atoms with Gasteiger partial charge in [0.1, 0.15) is 0 Å². The minimum Gasteiger partial charge on any atom is -0.504 e. The van der Waals surface area contributed by atoms with Crippen LogP contribution in [-0.4, -0.2) is 19.3 Å². The van der Waals surface area contributed by atoms with Gasteiger partial charge >= 0.3 is 0 Å². The number of hydrogen-bond acceptors (Lipinski definition) is 3. The monoisotopic (exact) mass is 250 g/mol. The first-order valence-corrected chi connectivity index (χ1v) is 6.00. The molecule has 1 aromatic carbocycles. The molecule has 0 saturated heterocycles. The molecule has 0 unspecified atom stereocenters. The van der Waals surface area contributed by atoms with Gasteiger partial charge in [-0.05, 0) is 50.8 Å². The smallest absolute Gasteiger partial charge is 0.203 e. The van der Waals surface area contributed by atoms with Crippen LogP contribution in [0.15, 0.2) is 11.6 Å². The summed E-state index contributed by atoms with van der Waals surface area (Å²) in [6.07, 6.45) is 2.93. The summed E-state index contributed by atoms with van der Waals surface area (Å²) in [5.41, 5.74) is 4.21. The largest absolute Gasteiger partial charge is 0.504 e. The van der Waals surface area contributed by atoms with Crippen LogP contribution in [0, 0.1) is 13.8 Å². The van der Waals surface area contributed by atoms with Gasteiger partial charge in [0.15, 0.2) is 11.5 Å². The molecule has 0 aliphatic carbocycles. The molecule has 18 heavy (non-hydrogen) atoms. The van der Waals surface area contributed by atoms with Crippen molar-refractivity contribution in [2.75, 3.05) is 14.2 Å². The van der Waals surface area contributed by atoms with E-state index in [0.29, 0.717) is 11.5 Å². The van der Waals surface area contributed by atoms with Gasteiger partial charge in [0.2, 0.25) is 5.75 Å². The first-order chi connectivity index (χ1) is 8.43. The van der Waals surface area contributed by atoms with Gasteiger partial charge < -0.3 is 14.6 Å².